The second kappa shape index (κ2) is 9.02. The van der Waals surface area contributed by atoms with Gasteiger partial charge in [-0.15, -0.1) is 0 Å². The fourth-order valence-corrected chi connectivity index (χ4v) is 2.53. The highest BCUT2D eigenvalue weighted by Crippen LogP contribution is 2.19. The van der Waals surface area contributed by atoms with Gasteiger partial charge in [-0.25, -0.2) is 0 Å². The molecule has 132 valence electrons. The largest absolute Gasteiger partial charge is 0.345 e. The Morgan fingerprint density at radius 3 is 2.16 bits per heavy atom. The van der Waals surface area contributed by atoms with Crippen LogP contribution in [0.5, 0.6) is 0 Å². The first-order chi connectivity index (χ1) is 12.0. The zero-order valence-corrected chi connectivity index (χ0v) is 15.1. The molecule has 0 aliphatic rings. The monoisotopic (exact) mass is 338 g/mol. The Bertz CT molecular complexity index is 694. The van der Waals surface area contributed by atoms with Crippen LogP contribution in [0, 0.1) is 5.92 Å². The predicted molar refractivity (Wildman–Crippen MR) is 101 cm³/mol. The lowest BCUT2D eigenvalue weighted by Crippen LogP contribution is -2.28. The Morgan fingerprint density at radius 2 is 1.60 bits per heavy atom. The zero-order chi connectivity index (χ0) is 18.2. The highest BCUT2D eigenvalue weighted by Gasteiger charge is 2.15. The molecule has 0 aromatic heterocycles. The number of hydrogen-bond acceptors (Lipinski definition) is 2. The molecular formula is C21H26N2O2. The summed E-state index contributed by atoms with van der Waals surface area (Å²) in [7, 11) is 0. The molecule has 0 heterocycles. The average Bonchev–Trinajstić information content (AvgIpc) is 2.62. The molecule has 0 aliphatic heterocycles. The van der Waals surface area contributed by atoms with E-state index in [9.17, 15) is 9.59 Å². The standard InChI is InChI=1S/C21H26N2O2/c1-4-8-19(16-9-6-5-7-10-16)23-21(25)17-11-13-18(14-12-17)22-20(24)15(2)3/h5-7,9-15,19H,4,8H2,1-3H3,(H,22,24)(H,23,25). The second-order valence-corrected chi connectivity index (χ2v) is 6.45. The smallest absolute Gasteiger partial charge is 0.251 e. The molecular weight excluding hydrogens is 312 g/mol. The summed E-state index contributed by atoms with van der Waals surface area (Å²) in [5.41, 5.74) is 2.39. The van der Waals surface area contributed by atoms with Crippen molar-refractivity contribution >= 4 is 17.5 Å². The maximum Gasteiger partial charge on any atom is 0.251 e. The third kappa shape index (κ3) is 5.45. The van der Waals surface area contributed by atoms with Crippen molar-refractivity contribution in [2.24, 2.45) is 5.92 Å². The van der Waals surface area contributed by atoms with Crippen LogP contribution in [0.1, 0.15) is 55.6 Å². The maximum absolute atomic E-state index is 12.5. The fourth-order valence-electron chi connectivity index (χ4n) is 2.53. The van der Waals surface area contributed by atoms with Crippen LogP contribution in [0.3, 0.4) is 0 Å². The van der Waals surface area contributed by atoms with Crippen molar-refractivity contribution in [1.82, 2.24) is 5.32 Å². The van der Waals surface area contributed by atoms with Gasteiger partial charge in [0.15, 0.2) is 0 Å². The number of benzene rings is 2. The van der Waals surface area contributed by atoms with Gasteiger partial charge < -0.3 is 10.6 Å². The highest BCUT2D eigenvalue weighted by atomic mass is 16.2. The number of amides is 2. The van der Waals surface area contributed by atoms with E-state index >= 15 is 0 Å². The zero-order valence-electron chi connectivity index (χ0n) is 15.1. The van der Waals surface area contributed by atoms with Crippen molar-refractivity contribution in [3.05, 3.63) is 65.7 Å². The Morgan fingerprint density at radius 1 is 0.960 bits per heavy atom. The van der Waals surface area contributed by atoms with E-state index < -0.39 is 0 Å². The molecule has 0 spiro atoms. The minimum absolute atomic E-state index is 0.000907. The lowest BCUT2D eigenvalue weighted by molar-refractivity contribution is -0.118. The quantitative estimate of drug-likeness (QED) is 0.778. The summed E-state index contributed by atoms with van der Waals surface area (Å²) in [6, 6.07) is 17.0. The van der Waals surface area contributed by atoms with Crippen LogP contribution in [-0.2, 0) is 4.79 Å². The molecule has 1 atom stereocenters. The van der Waals surface area contributed by atoms with Crippen LogP contribution in [0.25, 0.3) is 0 Å². The molecule has 2 amide bonds. The normalized spacial score (nSPS) is 11.8. The van der Waals surface area contributed by atoms with Crippen molar-refractivity contribution in [1.29, 1.82) is 0 Å². The van der Waals surface area contributed by atoms with Gasteiger partial charge in [0.25, 0.3) is 5.91 Å². The van der Waals surface area contributed by atoms with E-state index in [1.54, 1.807) is 24.3 Å². The van der Waals surface area contributed by atoms with Crippen molar-refractivity contribution < 1.29 is 9.59 Å². The van der Waals surface area contributed by atoms with Gasteiger partial charge in [0.2, 0.25) is 5.91 Å². The lowest BCUT2D eigenvalue weighted by atomic mass is 10.0. The third-order valence-corrected chi connectivity index (χ3v) is 4.02. The lowest BCUT2D eigenvalue weighted by Gasteiger charge is -2.19. The Labute approximate surface area is 149 Å². The van der Waals surface area contributed by atoms with E-state index in [0.29, 0.717) is 11.3 Å². The van der Waals surface area contributed by atoms with E-state index in [2.05, 4.69) is 17.6 Å². The molecule has 0 radical (unpaired) electrons. The van der Waals surface area contributed by atoms with E-state index in [1.807, 2.05) is 44.2 Å². The molecule has 0 aliphatic carbocycles. The first-order valence-corrected chi connectivity index (χ1v) is 8.78. The molecule has 2 aromatic rings. The summed E-state index contributed by atoms with van der Waals surface area (Å²) >= 11 is 0. The minimum Gasteiger partial charge on any atom is -0.345 e. The van der Waals surface area contributed by atoms with Crippen molar-refractivity contribution in [3.8, 4) is 0 Å². The fraction of sp³-hybridized carbons (Fsp3) is 0.333. The molecule has 2 aromatic carbocycles. The van der Waals surface area contributed by atoms with Gasteiger partial charge in [-0.1, -0.05) is 57.5 Å². The summed E-state index contributed by atoms with van der Waals surface area (Å²) < 4.78 is 0. The predicted octanol–water partition coefficient (Wildman–Crippen LogP) is 4.55. The molecule has 1 unspecified atom stereocenters. The Hall–Kier alpha value is -2.62. The van der Waals surface area contributed by atoms with E-state index in [-0.39, 0.29) is 23.8 Å². The number of carbonyl (C=O) groups is 2. The van der Waals surface area contributed by atoms with Gasteiger partial charge in [-0.3, -0.25) is 9.59 Å². The Balaban J connectivity index is 2.05. The van der Waals surface area contributed by atoms with Gasteiger partial charge in [-0.05, 0) is 36.2 Å². The summed E-state index contributed by atoms with van der Waals surface area (Å²) in [6.45, 7) is 5.79. The van der Waals surface area contributed by atoms with E-state index in [4.69, 9.17) is 0 Å². The molecule has 0 saturated heterocycles. The van der Waals surface area contributed by atoms with Crippen LogP contribution in [0.2, 0.25) is 0 Å². The van der Waals surface area contributed by atoms with Crippen LogP contribution >= 0.6 is 0 Å². The Kier molecular flexibility index (Phi) is 6.75. The number of anilines is 1. The van der Waals surface area contributed by atoms with Crippen LogP contribution in [-0.4, -0.2) is 11.8 Å². The number of nitrogens with one attached hydrogen (secondary N) is 2. The molecule has 4 heteroatoms. The molecule has 25 heavy (non-hydrogen) atoms. The van der Waals surface area contributed by atoms with Gasteiger partial charge in [0.05, 0.1) is 6.04 Å². The molecule has 2 rings (SSSR count). The molecule has 0 bridgehead atoms. The number of rotatable bonds is 7. The van der Waals surface area contributed by atoms with Crippen molar-refractivity contribution in [2.45, 2.75) is 39.7 Å². The topological polar surface area (TPSA) is 58.2 Å². The first-order valence-electron chi connectivity index (χ1n) is 8.78. The number of hydrogen-bond donors (Lipinski definition) is 2. The maximum atomic E-state index is 12.5. The van der Waals surface area contributed by atoms with Crippen molar-refractivity contribution in [3.63, 3.8) is 0 Å². The summed E-state index contributed by atoms with van der Waals surface area (Å²) in [5, 5.41) is 5.93. The third-order valence-electron chi connectivity index (χ3n) is 4.02. The van der Waals surface area contributed by atoms with Crippen LogP contribution < -0.4 is 10.6 Å². The van der Waals surface area contributed by atoms with Crippen molar-refractivity contribution in [2.75, 3.05) is 5.32 Å². The van der Waals surface area contributed by atoms with Gasteiger partial charge in [-0.2, -0.15) is 0 Å². The summed E-state index contributed by atoms with van der Waals surface area (Å²) in [4.78, 5) is 24.3. The average molecular weight is 338 g/mol. The molecule has 0 saturated carbocycles. The minimum atomic E-state index is -0.107. The first kappa shape index (κ1) is 18.7. The van der Waals surface area contributed by atoms with Gasteiger partial charge >= 0.3 is 0 Å². The SMILES string of the molecule is CCCC(NC(=O)c1ccc(NC(=O)C(C)C)cc1)c1ccccc1. The van der Waals surface area contributed by atoms with Crippen LogP contribution in [0.4, 0.5) is 5.69 Å². The summed E-state index contributed by atoms with van der Waals surface area (Å²) in [6.07, 6.45) is 1.87. The molecule has 4 nitrogen and oxygen atoms in total. The molecule has 0 fully saturated rings. The molecule has 2 N–H and O–H groups in total. The second-order valence-electron chi connectivity index (χ2n) is 6.45. The van der Waals surface area contributed by atoms with Gasteiger partial charge in [0, 0.05) is 17.2 Å². The number of carbonyl (C=O) groups excluding carboxylic acids is 2. The summed E-state index contributed by atoms with van der Waals surface area (Å²) in [5.74, 6) is -0.225. The van der Waals surface area contributed by atoms with Crippen LogP contribution in [0.15, 0.2) is 54.6 Å². The van der Waals surface area contributed by atoms with E-state index in [1.165, 1.54) is 0 Å². The highest BCUT2D eigenvalue weighted by molar-refractivity contribution is 5.96. The van der Waals surface area contributed by atoms with E-state index in [0.717, 1.165) is 18.4 Å². The van der Waals surface area contributed by atoms with Gasteiger partial charge in [0.1, 0.15) is 0 Å².